The average Bonchev–Trinajstić information content (AvgIpc) is 2.47. The molecule has 146 valence electrons. The van der Waals surface area contributed by atoms with E-state index in [1.165, 1.54) is 13.8 Å². The average molecular weight is 374 g/mol. The maximum Gasteiger partial charge on any atom is 0.401 e. The second-order valence-electron chi connectivity index (χ2n) is 7.19. The van der Waals surface area contributed by atoms with E-state index in [9.17, 15) is 35.9 Å². The van der Waals surface area contributed by atoms with Gasteiger partial charge in [-0.15, -0.1) is 0 Å². The van der Waals surface area contributed by atoms with Crippen molar-refractivity contribution in [2.24, 2.45) is 16.7 Å². The maximum absolute atomic E-state index is 13.3. The smallest absolute Gasteiger partial charge is 0.299 e. The van der Waals surface area contributed by atoms with Crippen molar-refractivity contribution < 1.29 is 35.9 Å². The van der Waals surface area contributed by atoms with E-state index < -0.39 is 59.9 Å². The minimum absolute atomic E-state index is 0.0562. The van der Waals surface area contributed by atoms with Crippen LogP contribution in [0.5, 0.6) is 0 Å². The van der Waals surface area contributed by atoms with Gasteiger partial charge in [0, 0.05) is 5.92 Å². The molecule has 0 radical (unpaired) electrons. The number of halogens is 6. The predicted molar refractivity (Wildman–Crippen MR) is 79.8 cm³/mol. The van der Waals surface area contributed by atoms with E-state index in [1.54, 1.807) is 0 Å². The minimum Gasteiger partial charge on any atom is -0.299 e. The van der Waals surface area contributed by atoms with Gasteiger partial charge >= 0.3 is 12.4 Å². The molecule has 0 unspecified atom stereocenters. The first-order chi connectivity index (χ1) is 11.2. The molecule has 0 aromatic rings. The third kappa shape index (κ3) is 4.19. The van der Waals surface area contributed by atoms with Crippen LogP contribution in [-0.4, -0.2) is 23.9 Å². The highest BCUT2D eigenvalue weighted by Gasteiger charge is 2.57. The van der Waals surface area contributed by atoms with Crippen LogP contribution in [0.25, 0.3) is 0 Å². The zero-order chi connectivity index (χ0) is 19.7. The Morgan fingerprint density at radius 3 is 1.72 bits per heavy atom. The van der Waals surface area contributed by atoms with E-state index in [2.05, 4.69) is 0 Å². The summed E-state index contributed by atoms with van der Waals surface area (Å²) in [5.41, 5.74) is -4.44. The molecule has 0 amide bonds. The Bertz CT molecular complexity index is 494. The molecule has 8 heteroatoms. The van der Waals surface area contributed by atoms with Gasteiger partial charge in [0.1, 0.15) is 11.2 Å². The Morgan fingerprint density at radius 2 is 1.40 bits per heavy atom. The lowest BCUT2D eigenvalue weighted by Crippen LogP contribution is -2.45. The third-order valence-corrected chi connectivity index (χ3v) is 5.85. The lowest BCUT2D eigenvalue weighted by molar-refractivity contribution is -0.230. The highest BCUT2D eigenvalue weighted by atomic mass is 19.4. The standard InChI is InChI=1S/C17H24F6O2/c1-4-15(5-2,17(21,22)23)13(25)10-12(24)11-6-8-14(3,9-7-11)16(18,19)20/h11H,4-10H2,1-3H3. The van der Waals surface area contributed by atoms with Crippen LogP contribution in [0.1, 0.15) is 65.7 Å². The molecule has 2 nitrogen and oxygen atoms in total. The molecule has 1 fully saturated rings. The summed E-state index contributed by atoms with van der Waals surface area (Å²) in [5.74, 6) is -2.64. The predicted octanol–water partition coefficient (Wildman–Crippen LogP) is 5.64. The summed E-state index contributed by atoms with van der Waals surface area (Å²) in [4.78, 5) is 24.4. The molecular formula is C17H24F6O2. The molecule has 1 aliphatic carbocycles. The Kier molecular flexibility index (Phi) is 6.39. The lowest BCUT2D eigenvalue weighted by Gasteiger charge is -2.38. The van der Waals surface area contributed by atoms with Crippen LogP contribution in [0, 0.1) is 16.7 Å². The molecule has 0 aromatic carbocycles. The fourth-order valence-electron chi connectivity index (χ4n) is 3.54. The topological polar surface area (TPSA) is 34.1 Å². The minimum atomic E-state index is -4.75. The van der Waals surface area contributed by atoms with Crippen LogP contribution in [0.2, 0.25) is 0 Å². The molecule has 1 aliphatic rings. The van der Waals surface area contributed by atoms with E-state index in [-0.39, 0.29) is 25.7 Å². The summed E-state index contributed by atoms with van der Waals surface area (Å²) < 4.78 is 78.8. The van der Waals surface area contributed by atoms with Crippen molar-refractivity contribution in [3.05, 3.63) is 0 Å². The van der Waals surface area contributed by atoms with Crippen molar-refractivity contribution in [2.45, 2.75) is 78.1 Å². The van der Waals surface area contributed by atoms with Gasteiger partial charge in [-0.1, -0.05) is 20.8 Å². The zero-order valence-electron chi connectivity index (χ0n) is 14.6. The molecule has 0 bridgehead atoms. The first-order valence-electron chi connectivity index (χ1n) is 8.43. The number of hydrogen-bond acceptors (Lipinski definition) is 2. The van der Waals surface area contributed by atoms with E-state index in [0.717, 1.165) is 6.92 Å². The fraction of sp³-hybridized carbons (Fsp3) is 0.882. The van der Waals surface area contributed by atoms with Crippen LogP contribution in [0.3, 0.4) is 0 Å². The lowest BCUT2D eigenvalue weighted by atomic mass is 9.68. The van der Waals surface area contributed by atoms with E-state index in [0.29, 0.717) is 0 Å². The Labute approximate surface area is 143 Å². The Balaban J connectivity index is 2.79. The fourth-order valence-corrected chi connectivity index (χ4v) is 3.54. The van der Waals surface area contributed by atoms with Gasteiger partial charge < -0.3 is 0 Å². The molecule has 0 aromatic heterocycles. The number of rotatable bonds is 6. The van der Waals surface area contributed by atoms with Gasteiger partial charge in [-0.05, 0) is 38.5 Å². The van der Waals surface area contributed by atoms with E-state index in [4.69, 9.17) is 0 Å². The first-order valence-corrected chi connectivity index (χ1v) is 8.43. The monoisotopic (exact) mass is 374 g/mol. The van der Waals surface area contributed by atoms with Crippen molar-refractivity contribution >= 4 is 11.6 Å². The van der Waals surface area contributed by atoms with Gasteiger partial charge in [0.15, 0.2) is 5.78 Å². The largest absolute Gasteiger partial charge is 0.401 e. The quantitative estimate of drug-likeness (QED) is 0.445. The molecule has 0 saturated heterocycles. The van der Waals surface area contributed by atoms with Crippen LogP contribution in [-0.2, 0) is 9.59 Å². The van der Waals surface area contributed by atoms with Gasteiger partial charge in [-0.3, -0.25) is 9.59 Å². The van der Waals surface area contributed by atoms with Crippen LogP contribution >= 0.6 is 0 Å². The zero-order valence-corrected chi connectivity index (χ0v) is 14.6. The Hall–Kier alpha value is -1.08. The number of hydrogen-bond donors (Lipinski definition) is 0. The molecule has 0 aliphatic heterocycles. The Morgan fingerprint density at radius 1 is 0.960 bits per heavy atom. The number of carbonyl (C=O) groups is 2. The highest BCUT2D eigenvalue weighted by molar-refractivity contribution is 6.03. The summed E-state index contributed by atoms with van der Waals surface area (Å²) in [6.45, 7) is 3.57. The normalized spacial score (nSPS) is 25.7. The van der Waals surface area contributed by atoms with Crippen LogP contribution in [0.15, 0.2) is 0 Å². The second-order valence-corrected chi connectivity index (χ2v) is 7.19. The van der Waals surface area contributed by atoms with Gasteiger partial charge in [0.05, 0.1) is 11.8 Å². The van der Waals surface area contributed by atoms with Crippen molar-refractivity contribution in [2.75, 3.05) is 0 Å². The first kappa shape index (κ1) is 22.0. The molecule has 0 atom stereocenters. The third-order valence-electron chi connectivity index (χ3n) is 5.85. The molecule has 1 rings (SSSR count). The SMILES string of the molecule is CCC(CC)(C(=O)CC(=O)C1CCC(C)(C(F)(F)F)CC1)C(F)(F)F. The molecular weight excluding hydrogens is 350 g/mol. The van der Waals surface area contributed by atoms with Gasteiger partial charge in [0.25, 0.3) is 0 Å². The van der Waals surface area contributed by atoms with Gasteiger partial charge in [-0.25, -0.2) is 0 Å². The summed E-state index contributed by atoms with van der Waals surface area (Å²) >= 11 is 0. The van der Waals surface area contributed by atoms with E-state index >= 15 is 0 Å². The molecule has 0 heterocycles. The van der Waals surface area contributed by atoms with Crippen LogP contribution < -0.4 is 0 Å². The number of Topliss-reactive ketones (excluding diaryl/α,β-unsaturated/α-hetero) is 2. The van der Waals surface area contributed by atoms with Gasteiger partial charge in [0.2, 0.25) is 0 Å². The van der Waals surface area contributed by atoms with E-state index in [1.807, 2.05) is 0 Å². The molecule has 0 N–H and O–H groups in total. The molecule has 25 heavy (non-hydrogen) atoms. The summed E-state index contributed by atoms with van der Waals surface area (Å²) in [7, 11) is 0. The number of carbonyl (C=O) groups excluding carboxylic acids is 2. The molecule has 0 spiro atoms. The molecule has 1 saturated carbocycles. The van der Waals surface area contributed by atoms with Crippen molar-refractivity contribution in [3.63, 3.8) is 0 Å². The maximum atomic E-state index is 13.3. The second kappa shape index (κ2) is 7.27. The van der Waals surface area contributed by atoms with Crippen molar-refractivity contribution in [3.8, 4) is 0 Å². The van der Waals surface area contributed by atoms with Crippen LogP contribution in [0.4, 0.5) is 26.3 Å². The van der Waals surface area contributed by atoms with Crippen molar-refractivity contribution in [1.82, 2.24) is 0 Å². The summed E-state index contributed by atoms with van der Waals surface area (Å²) in [6.07, 6.45) is -11.6. The van der Waals surface area contributed by atoms with Gasteiger partial charge in [-0.2, -0.15) is 26.3 Å². The highest BCUT2D eigenvalue weighted by Crippen LogP contribution is 2.50. The van der Waals surface area contributed by atoms with Crippen molar-refractivity contribution in [1.29, 1.82) is 0 Å². The number of alkyl halides is 6. The summed E-state index contributed by atoms with van der Waals surface area (Å²) in [5, 5.41) is 0. The number of ketones is 2. The summed E-state index contributed by atoms with van der Waals surface area (Å²) in [6, 6.07) is 0.